The summed E-state index contributed by atoms with van der Waals surface area (Å²) in [5.41, 5.74) is 0.761. The minimum absolute atomic E-state index is 0.0456. The SMILES string of the molecule is CC(C)(C)NCCC(=O)Nc1ccccc1NS(C)(=O)=O. The van der Waals surface area contributed by atoms with E-state index in [1.807, 2.05) is 20.8 Å². The molecule has 0 radical (unpaired) electrons. The molecule has 0 heterocycles. The van der Waals surface area contributed by atoms with Crippen molar-refractivity contribution in [1.29, 1.82) is 0 Å². The van der Waals surface area contributed by atoms with Gasteiger partial charge in [0, 0.05) is 18.5 Å². The molecular weight excluding hydrogens is 290 g/mol. The molecule has 0 aliphatic rings. The molecule has 1 rings (SSSR count). The normalized spacial score (nSPS) is 12.0. The molecule has 0 bridgehead atoms. The van der Waals surface area contributed by atoms with Crippen molar-refractivity contribution < 1.29 is 13.2 Å². The second kappa shape index (κ2) is 6.91. The third kappa shape index (κ3) is 7.67. The highest BCUT2D eigenvalue weighted by atomic mass is 32.2. The Kier molecular flexibility index (Phi) is 5.74. The fraction of sp³-hybridized carbons (Fsp3) is 0.500. The van der Waals surface area contributed by atoms with Gasteiger partial charge in [-0.05, 0) is 32.9 Å². The quantitative estimate of drug-likeness (QED) is 0.747. The molecule has 21 heavy (non-hydrogen) atoms. The van der Waals surface area contributed by atoms with E-state index in [9.17, 15) is 13.2 Å². The summed E-state index contributed by atoms with van der Waals surface area (Å²) in [5, 5.41) is 5.93. The number of para-hydroxylation sites is 2. The minimum atomic E-state index is -3.39. The van der Waals surface area contributed by atoms with Crippen LogP contribution in [0.5, 0.6) is 0 Å². The van der Waals surface area contributed by atoms with Gasteiger partial charge in [0.25, 0.3) is 0 Å². The summed E-state index contributed by atoms with van der Waals surface area (Å²) in [6, 6.07) is 6.69. The van der Waals surface area contributed by atoms with Crippen LogP contribution in [0.4, 0.5) is 11.4 Å². The lowest BCUT2D eigenvalue weighted by Gasteiger charge is -2.20. The van der Waals surface area contributed by atoms with Gasteiger partial charge in [-0.15, -0.1) is 0 Å². The summed E-state index contributed by atoms with van der Waals surface area (Å²) < 4.78 is 25.0. The summed E-state index contributed by atoms with van der Waals surface area (Å²) in [6.45, 7) is 6.62. The molecule has 0 aromatic heterocycles. The predicted molar refractivity (Wildman–Crippen MR) is 85.9 cm³/mol. The first-order chi connectivity index (χ1) is 9.57. The number of nitrogens with one attached hydrogen (secondary N) is 3. The van der Waals surface area contributed by atoms with Crippen LogP contribution >= 0.6 is 0 Å². The van der Waals surface area contributed by atoms with Crippen LogP contribution in [-0.4, -0.2) is 32.7 Å². The zero-order valence-corrected chi connectivity index (χ0v) is 13.7. The molecular formula is C14H23N3O3S. The van der Waals surface area contributed by atoms with Gasteiger partial charge in [0.1, 0.15) is 0 Å². The molecule has 0 fully saturated rings. The molecule has 7 heteroatoms. The maximum Gasteiger partial charge on any atom is 0.229 e. The van der Waals surface area contributed by atoms with Crippen LogP contribution in [0, 0.1) is 0 Å². The van der Waals surface area contributed by atoms with Crippen molar-refractivity contribution >= 4 is 27.3 Å². The lowest BCUT2D eigenvalue weighted by Crippen LogP contribution is -2.37. The fourth-order valence-electron chi connectivity index (χ4n) is 1.64. The first-order valence-electron chi connectivity index (χ1n) is 6.68. The van der Waals surface area contributed by atoms with Crippen LogP contribution in [0.3, 0.4) is 0 Å². The van der Waals surface area contributed by atoms with E-state index >= 15 is 0 Å². The fourth-order valence-corrected chi connectivity index (χ4v) is 2.22. The molecule has 0 saturated carbocycles. The van der Waals surface area contributed by atoms with Crippen LogP contribution in [0.1, 0.15) is 27.2 Å². The number of carbonyl (C=O) groups is 1. The number of hydrogen-bond donors (Lipinski definition) is 3. The van der Waals surface area contributed by atoms with Gasteiger partial charge in [0.15, 0.2) is 0 Å². The maximum atomic E-state index is 11.9. The molecule has 118 valence electrons. The highest BCUT2D eigenvalue weighted by molar-refractivity contribution is 7.92. The van der Waals surface area contributed by atoms with Gasteiger partial charge < -0.3 is 10.6 Å². The van der Waals surface area contributed by atoms with Gasteiger partial charge in [0.05, 0.1) is 17.6 Å². The Morgan fingerprint density at radius 3 is 2.24 bits per heavy atom. The molecule has 0 aliphatic carbocycles. The van der Waals surface area contributed by atoms with E-state index < -0.39 is 10.0 Å². The van der Waals surface area contributed by atoms with E-state index in [-0.39, 0.29) is 11.4 Å². The number of hydrogen-bond acceptors (Lipinski definition) is 4. The lowest BCUT2D eigenvalue weighted by atomic mass is 10.1. The predicted octanol–water partition coefficient (Wildman–Crippen LogP) is 1.77. The molecule has 3 N–H and O–H groups in total. The highest BCUT2D eigenvalue weighted by Gasteiger charge is 2.12. The van der Waals surface area contributed by atoms with Crippen molar-refractivity contribution in [3.8, 4) is 0 Å². The monoisotopic (exact) mass is 313 g/mol. The first-order valence-corrected chi connectivity index (χ1v) is 8.58. The Morgan fingerprint density at radius 2 is 1.71 bits per heavy atom. The van der Waals surface area contributed by atoms with E-state index in [0.29, 0.717) is 24.3 Å². The van der Waals surface area contributed by atoms with E-state index in [1.165, 1.54) is 0 Å². The van der Waals surface area contributed by atoms with Crippen molar-refractivity contribution in [2.75, 3.05) is 22.8 Å². The molecule has 0 unspecified atom stereocenters. The molecule has 6 nitrogen and oxygen atoms in total. The third-order valence-electron chi connectivity index (χ3n) is 2.50. The van der Waals surface area contributed by atoms with E-state index in [0.717, 1.165) is 6.26 Å². The molecule has 0 atom stereocenters. The van der Waals surface area contributed by atoms with Crippen molar-refractivity contribution in [3.05, 3.63) is 24.3 Å². The van der Waals surface area contributed by atoms with Crippen LogP contribution in [0.2, 0.25) is 0 Å². The zero-order valence-electron chi connectivity index (χ0n) is 12.9. The Hall–Kier alpha value is -1.60. The minimum Gasteiger partial charge on any atom is -0.324 e. The maximum absolute atomic E-state index is 11.9. The van der Waals surface area contributed by atoms with E-state index in [4.69, 9.17) is 0 Å². The number of benzene rings is 1. The summed E-state index contributed by atoms with van der Waals surface area (Å²) >= 11 is 0. The van der Waals surface area contributed by atoms with Gasteiger partial charge in [-0.2, -0.15) is 0 Å². The summed E-state index contributed by atoms with van der Waals surface area (Å²) in [4.78, 5) is 11.9. The topological polar surface area (TPSA) is 87.3 Å². The molecule has 0 aliphatic heterocycles. The Balaban J connectivity index is 2.64. The van der Waals surface area contributed by atoms with Crippen LogP contribution in [0.25, 0.3) is 0 Å². The molecule has 1 aromatic carbocycles. The van der Waals surface area contributed by atoms with Crippen molar-refractivity contribution in [2.45, 2.75) is 32.7 Å². The van der Waals surface area contributed by atoms with Gasteiger partial charge in [-0.1, -0.05) is 12.1 Å². The van der Waals surface area contributed by atoms with Gasteiger partial charge in [-0.25, -0.2) is 8.42 Å². The molecule has 0 saturated heterocycles. The van der Waals surface area contributed by atoms with Gasteiger partial charge >= 0.3 is 0 Å². The largest absolute Gasteiger partial charge is 0.324 e. The second-order valence-corrected chi connectivity index (χ2v) is 7.64. The average Bonchev–Trinajstić information content (AvgIpc) is 2.28. The van der Waals surface area contributed by atoms with Crippen molar-refractivity contribution in [2.24, 2.45) is 0 Å². The van der Waals surface area contributed by atoms with Crippen molar-refractivity contribution in [3.63, 3.8) is 0 Å². The molecule has 0 spiro atoms. The summed E-state index contributed by atoms with van der Waals surface area (Å²) in [5.74, 6) is -0.172. The average molecular weight is 313 g/mol. The Morgan fingerprint density at radius 1 is 1.14 bits per heavy atom. The summed E-state index contributed by atoms with van der Waals surface area (Å²) in [7, 11) is -3.39. The zero-order chi connectivity index (χ0) is 16.1. The molecule has 1 aromatic rings. The number of rotatable bonds is 6. The number of sulfonamides is 1. The number of amides is 1. The number of carbonyl (C=O) groups excluding carboxylic acids is 1. The third-order valence-corrected chi connectivity index (χ3v) is 3.09. The van der Waals surface area contributed by atoms with E-state index in [2.05, 4.69) is 15.4 Å². The second-order valence-electron chi connectivity index (χ2n) is 5.89. The summed E-state index contributed by atoms with van der Waals surface area (Å²) in [6.07, 6.45) is 1.38. The van der Waals surface area contributed by atoms with E-state index in [1.54, 1.807) is 24.3 Å². The van der Waals surface area contributed by atoms with Crippen LogP contribution in [-0.2, 0) is 14.8 Å². The standard InChI is InChI=1S/C14H23N3O3S/c1-14(2,3)15-10-9-13(18)16-11-7-5-6-8-12(11)17-21(4,19)20/h5-8,15,17H,9-10H2,1-4H3,(H,16,18). The number of anilines is 2. The van der Waals surface area contributed by atoms with Crippen LogP contribution in [0.15, 0.2) is 24.3 Å². The van der Waals surface area contributed by atoms with Gasteiger partial charge in [-0.3, -0.25) is 9.52 Å². The van der Waals surface area contributed by atoms with Crippen molar-refractivity contribution in [1.82, 2.24) is 5.32 Å². The smallest absolute Gasteiger partial charge is 0.229 e. The van der Waals surface area contributed by atoms with Gasteiger partial charge in [0.2, 0.25) is 15.9 Å². The van der Waals surface area contributed by atoms with Crippen LogP contribution < -0.4 is 15.4 Å². The highest BCUT2D eigenvalue weighted by Crippen LogP contribution is 2.21. The first kappa shape index (κ1) is 17.5. The lowest BCUT2D eigenvalue weighted by molar-refractivity contribution is -0.116. The molecule has 1 amide bonds. The Bertz CT molecular complexity index is 592. The Labute approximate surface area is 126 Å².